The van der Waals surface area contributed by atoms with Crippen molar-refractivity contribution < 1.29 is 9.90 Å². The number of rotatable bonds is 2. The molecule has 0 amide bonds. The first-order valence-corrected chi connectivity index (χ1v) is 2.90. The van der Waals surface area contributed by atoms with E-state index in [0.29, 0.717) is 6.42 Å². The Morgan fingerprint density at radius 2 is 2.40 bits per heavy atom. The molecule has 0 saturated heterocycles. The fourth-order valence-electron chi connectivity index (χ4n) is 0.634. The van der Waals surface area contributed by atoms with Crippen molar-refractivity contribution in [2.24, 2.45) is 0 Å². The third-order valence-electron chi connectivity index (χ3n) is 1.13. The van der Waals surface area contributed by atoms with Crippen molar-refractivity contribution in [1.29, 1.82) is 0 Å². The minimum Gasteiger partial charge on any atom is -0.493 e. The van der Waals surface area contributed by atoms with E-state index in [4.69, 9.17) is 5.11 Å². The molecular weight excluding hydrogens is 130 g/mol. The van der Waals surface area contributed by atoms with E-state index in [-0.39, 0.29) is 5.88 Å². The first-order valence-electron chi connectivity index (χ1n) is 2.90. The van der Waals surface area contributed by atoms with Crippen molar-refractivity contribution >= 4 is 6.29 Å². The van der Waals surface area contributed by atoms with Crippen LogP contribution in [0.15, 0.2) is 18.3 Å². The number of carbonyl (C=O) groups is 1. The quantitative estimate of drug-likeness (QED) is 0.605. The molecule has 1 rings (SSSR count). The van der Waals surface area contributed by atoms with Crippen LogP contribution in [0.3, 0.4) is 0 Å². The fraction of sp³-hybridized carbons (Fsp3) is 0.143. The molecule has 1 aromatic heterocycles. The molecule has 0 saturated carbocycles. The van der Waals surface area contributed by atoms with E-state index < -0.39 is 0 Å². The summed E-state index contributed by atoms with van der Waals surface area (Å²) in [5, 5.41) is 8.73. The molecule has 3 nitrogen and oxygen atoms in total. The smallest absolute Gasteiger partial charge is 0.210 e. The molecule has 52 valence electrons. The Morgan fingerprint density at radius 3 is 2.90 bits per heavy atom. The van der Waals surface area contributed by atoms with E-state index in [0.717, 1.165) is 11.8 Å². The van der Waals surface area contributed by atoms with Gasteiger partial charge in [-0.05, 0) is 5.56 Å². The Morgan fingerprint density at radius 1 is 1.60 bits per heavy atom. The lowest BCUT2D eigenvalue weighted by molar-refractivity contribution is -0.107. The topological polar surface area (TPSA) is 50.2 Å². The molecule has 0 aliphatic carbocycles. The minimum atomic E-state index is -0.0188. The molecule has 1 heterocycles. The first kappa shape index (κ1) is 6.74. The summed E-state index contributed by atoms with van der Waals surface area (Å²) in [6.07, 6.45) is 2.63. The average molecular weight is 137 g/mol. The number of aromatic hydroxyl groups is 1. The second-order valence-electron chi connectivity index (χ2n) is 1.90. The molecule has 10 heavy (non-hydrogen) atoms. The van der Waals surface area contributed by atoms with Crippen molar-refractivity contribution in [3.8, 4) is 5.88 Å². The van der Waals surface area contributed by atoms with Crippen LogP contribution in [0.2, 0.25) is 0 Å². The number of hydrogen-bond acceptors (Lipinski definition) is 3. The van der Waals surface area contributed by atoms with Crippen molar-refractivity contribution in [2.45, 2.75) is 6.42 Å². The Hall–Kier alpha value is -1.38. The lowest BCUT2D eigenvalue weighted by atomic mass is 10.2. The molecule has 0 radical (unpaired) electrons. The van der Waals surface area contributed by atoms with Crippen LogP contribution in [0.4, 0.5) is 0 Å². The summed E-state index contributed by atoms with van der Waals surface area (Å²) in [7, 11) is 0. The number of aldehydes is 1. The molecule has 3 heteroatoms. The Bertz CT molecular complexity index is 218. The second-order valence-corrected chi connectivity index (χ2v) is 1.90. The highest BCUT2D eigenvalue weighted by Crippen LogP contribution is 2.03. The van der Waals surface area contributed by atoms with Crippen LogP contribution in [0, 0.1) is 0 Å². The van der Waals surface area contributed by atoms with Gasteiger partial charge in [-0.2, -0.15) is 0 Å². The van der Waals surface area contributed by atoms with Crippen LogP contribution < -0.4 is 0 Å². The van der Waals surface area contributed by atoms with Gasteiger partial charge in [0, 0.05) is 18.7 Å². The molecule has 0 spiro atoms. The molecule has 0 atom stereocenters. The van der Waals surface area contributed by atoms with Gasteiger partial charge in [0.1, 0.15) is 6.29 Å². The summed E-state index contributed by atoms with van der Waals surface area (Å²) >= 11 is 0. The standard InChI is InChI=1S/C7H7NO2/c9-4-3-6-1-2-7(10)8-5-6/h1-2,4-5H,3H2,(H,8,10). The molecule has 0 aliphatic rings. The number of nitrogens with zero attached hydrogens (tertiary/aromatic N) is 1. The number of carbonyl (C=O) groups excluding carboxylic acids is 1. The van der Waals surface area contributed by atoms with Gasteiger partial charge in [-0.25, -0.2) is 4.98 Å². The number of aromatic nitrogens is 1. The number of pyridine rings is 1. The Balaban J connectivity index is 2.78. The first-order chi connectivity index (χ1) is 4.83. The van der Waals surface area contributed by atoms with Crippen molar-refractivity contribution in [1.82, 2.24) is 4.98 Å². The van der Waals surface area contributed by atoms with E-state index in [1.165, 1.54) is 12.3 Å². The van der Waals surface area contributed by atoms with Gasteiger partial charge in [0.2, 0.25) is 5.88 Å². The van der Waals surface area contributed by atoms with E-state index in [1.807, 2.05) is 0 Å². The predicted molar refractivity (Wildman–Crippen MR) is 35.7 cm³/mol. The van der Waals surface area contributed by atoms with E-state index in [9.17, 15) is 4.79 Å². The summed E-state index contributed by atoms with van der Waals surface area (Å²) < 4.78 is 0. The third-order valence-corrected chi connectivity index (χ3v) is 1.13. The average Bonchev–Trinajstić information content (AvgIpc) is 1.95. The molecule has 0 fully saturated rings. The highest BCUT2D eigenvalue weighted by Gasteiger charge is 1.90. The summed E-state index contributed by atoms with van der Waals surface area (Å²) in [6.45, 7) is 0. The fourth-order valence-corrected chi connectivity index (χ4v) is 0.634. The normalized spacial score (nSPS) is 9.20. The van der Waals surface area contributed by atoms with Gasteiger partial charge >= 0.3 is 0 Å². The highest BCUT2D eigenvalue weighted by atomic mass is 16.3. The summed E-state index contributed by atoms with van der Waals surface area (Å²) in [6, 6.07) is 3.12. The van der Waals surface area contributed by atoms with E-state index in [1.54, 1.807) is 6.07 Å². The van der Waals surface area contributed by atoms with Gasteiger partial charge < -0.3 is 9.90 Å². The van der Waals surface area contributed by atoms with Crippen LogP contribution in [0.25, 0.3) is 0 Å². The molecule has 1 N–H and O–H groups in total. The van der Waals surface area contributed by atoms with Gasteiger partial charge in [-0.1, -0.05) is 6.07 Å². The van der Waals surface area contributed by atoms with Gasteiger partial charge in [0.15, 0.2) is 0 Å². The molecule has 0 aliphatic heterocycles. The van der Waals surface area contributed by atoms with Gasteiger partial charge in [0.25, 0.3) is 0 Å². The van der Waals surface area contributed by atoms with Gasteiger partial charge in [-0.3, -0.25) is 0 Å². The maximum Gasteiger partial charge on any atom is 0.210 e. The molecule has 0 bridgehead atoms. The monoisotopic (exact) mass is 137 g/mol. The summed E-state index contributed by atoms with van der Waals surface area (Å²) in [5.74, 6) is -0.0188. The Labute approximate surface area is 58.3 Å². The van der Waals surface area contributed by atoms with Crippen molar-refractivity contribution in [2.75, 3.05) is 0 Å². The molecule has 0 unspecified atom stereocenters. The van der Waals surface area contributed by atoms with Crippen LogP contribution in [0.1, 0.15) is 5.56 Å². The maximum absolute atomic E-state index is 9.97. The minimum absolute atomic E-state index is 0.0188. The van der Waals surface area contributed by atoms with E-state index >= 15 is 0 Å². The molecular formula is C7H7NO2. The van der Waals surface area contributed by atoms with Gasteiger partial charge in [0.05, 0.1) is 0 Å². The number of hydrogen-bond donors (Lipinski definition) is 1. The van der Waals surface area contributed by atoms with E-state index in [2.05, 4.69) is 4.98 Å². The summed E-state index contributed by atoms with van der Waals surface area (Å²) in [5.41, 5.74) is 0.813. The van der Waals surface area contributed by atoms with Crippen molar-refractivity contribution in [3.63, 3.8) is 0 Å². The Kier molecular flexibility index (Phi) is 1.99. The lowest BCUT2D eigenvalue weighted by Crippen LogP contribution is -1.85. The van der Waals surface area contributed by atoms with Gasteiger partial charge in [-0.15, -0.1) is 0 Å². The second kappa shape index (κ2) is 2.96. The maximum atomic E-state index is 9.97. The zero-order valence-electron chi connectivity index (χ0n) is 5.32. The van der Waals surface area contributed by atoms with Crippen LogP contribution in [-0.4, -0.2) is 16.4 Å². The van der Waals surface area contributed by atoms with Crippen LogP contribution in [0.5, 0.6) is 5.88 Å². The van der Waals surface area contributed by atoms with Crippen LogP contribution >= 0.6 is 0 Å². The zero-order chi connectivity index (χ0) is 7.40. The van der Waals surface area contributed by atoms with Crippen LogP contribution in [-0.2, 0) is 11.2 Å². The summed E-state index contributed by atoms with van der Waals surface area (Å²) in [4.78, 5) is 13.6. The highest BCUT2D eigenvalue weighted by molar-refractivity contribution is 5.54. The van der Waals surface area contributed by atoms with Crippen molar-refractivity contribution in [3.05, 3.63) is 23.9 Å². The zero-order valence-corrected chi connectivity index (χ0v) is 5.32. The third kappa shape index (κ3) is 1.55. The lowest BCUT2D eigenvalue weighted by Gasteiger charge is -1.92. The molecule has 0 aromatic carbocycles. The predicted octanol–water partition coefficient (Wildman–Crippen LogP) is 0.529. The largest absolute Gasteiger partial charge is 0.493 e. The SMILES string of the molecule is O=CCc1ccc(O)nc1. The molecule has 1 aromatic rings.